The summed E-state index contributed by atoms with van der Waals surface area (Å²) in [6.07, 6.45) is 0.343. The van der Waals surface area contributed by atoms with Gasteiger partial charge in [-0.1, -0.05) is 19.1 Å². The predicted octanol–water partition coefficient (Wildman–Crippen LogP) is 1.40. The third-order valence-corrected chi connectivity index (χ3v) is 3.49. The van der Waals surface area contributed by atoms with E-state index in [4.69, 9.17) is 0 Å². The molecule has 0 amide bonds. The van der Waals surface area contributed by atoms with Crippen molar-refractivity contribution in [3.8, 4) is 0 Å². The maximum absolute atomic E-state index is 11.7. The fraction of sp³-hybridized carbons (Fsp3) is 0.417. The number of nitrogens with one attached hydrogen (secondary N) is 1. The molecule has 0 saturated heterocycles. The van der Waals surface area contributed by atoms with Gasteiger partial charge < -0.3 is 10.1 Å². The van der Waals surface area contributed by atoms with Crippen LogP contribution in [0.15, 0.2) is 23.0 Å². The molecule has 3 rings (SSSR count). The smallest absolute Gasteiger partial charge is 0.326 e. The highest BCUT2D eigenvalue weighted by Gasteiger charge is 2.25. The Bertz CT molecular complexity index is 597. The van der Waals surface area contributed by atoms with Gasteiger partial charge in [-0.3, -0.25) is 4.57 Å². The lowest BCUT2D eigenvalue weighted by atomic mass is 9.95. The van der Waals surface area contributed by atoms with E-state index in [1.54, 1.807) is 4.57 Å². The topological polar surface area (TPSA) is 58.0 Å². The summed E-state index contributed by atoms with van der Waals surface area (Å²) in [7, 11) is 0. The fourth-order valence-corrected chi connectivity index (χ4v) is 2.50. The number of benzene rings is 1. The summed E-state index contributed by atoms with van der Waals surface area (Å²) in [4.78, 5) is 14.6. The van der Waals surface area contributed by atoms with Crippen LogP contribution >= 0.6 is 0 Å². The van der Waals surface area contributed by atoms with Gasteiger partial charge >= 0.3 is 5.69 Å². The van der Waals surface area contributed by atoms with Crippen molar-refractivity contribution in [2.75, 3.05) is 0 Å². The van der Waals surface area contributed by atoms with E-state index in [1.807, 2.05) is 25.1 Å². The maximum atomic E-state index is 11.7. The Labute approximate surface area is 92.5 Å². The van der Waals surface area contributed by atoms with Crippen molar-refractivity contribution in [3.63, 3.8) is 0 Å². The number of para-hydroxylation sites is 1. The van der Waals surface area contributed by atoms with E-state index in [-0.39, 0.29) is 11.6 Å². The molecule has 2 N–H and O–H groups in total. The van der Waals surface area contributed by atoms with E-state index < -0.39 is 6.10 Å². The lowest BCUT2D eigenvalue weighted by Gasteiger charge is -2.15. The van der Waals surface area contributed by atoms with Gasteiger partial charge in [-0.2, -0.15) is 0 Å². The number of rotatable bonds is 0. The number of aromatic amines is 1. The molecule has 1 aromatic heterocycles. The van der Waals surface area contributed by atoms with E-state index in [1.165, 1.54) is 0 Å². The molecule has 0 fully saturated rings. The van der Waals surface area contributed by atoms with Crippen molar-refractivity contribution in [3.05, 3.63) is 34.2 Å². The van der Waals surface area contributed by atoms with Gasteiger partial charge in [0.15, 0.2) is 0 Å². The Morgan fingerprint density at radius 2 is 2.31 bits per heavy atom. The van der Waals surface area contributed by atoms with E-state index in [0.29, 0.717) is 6.54 Å². The quantitative estimate of drug-likeness (QED) is 0.702. The van der Waals surface area contributed by atoms with Gasteiger partial charge in [0.25, 0.3) is 0 Å². The van der Waals surface area contributed by atoms with Crippen molar-refractivity contribution < 1.29 is 5.11 Å². The Morgan fingerprint density at radius 3 is 3.12 bits per heavy atom. The van der Waals surface area contributed by atoms with Crippen LogP contribution in [0.3, 0.4) is 0 Å². The third-order valence-electron chi connectivity index (χ3n) is 3.49. The van der Waals surface area contributed by atoms with Gasteiger partial charge in [0.2, 0.25) is 0 Å². The molecule has 0 bridgehead atoms. The molecule has 2 aromatic rings. The van der Waals surface area contributed by atoms with E-state index in [9.17, 15) is 9.90 Å². The average molecular weight is 218 g/mol. The van der Waals surface area contributed by atoms with E-state index in [2.05, 4.69) is 4.98 Å². The molecule has 0 saturated carbocycles. The highest BCUT2D eigenvalue weighted by molar-refractivity contribution is 5.79. The third kappa shape index (κ3) is 1.16. The zero-order valence-electron chi connectivity index (χ0n) is 9.10. The van der Waals surface area contributed by atoms with Crippen LogP contribution in [0.1, 0.15) is 25.0 Å². The minimum Gasteiger partial charge on any atom is -0.388 e. The molecule has 4 heteroatoms. The number of H-pyrrole nitrogens is 1. The zero-order valence-corrected chi connectivity index (χ0v) is 9.10. The van der Waals surface area contributed by atoms with Crippen molar-refractivity contribution in [2.24, 2.45) is 5.92 Å². The molecule has 1 aliphatic heterocycles. The largest absolute Gasteiger partial charge is 0.388 e. The minimum atomic E-state index is -0.479. The van der Waals surface area contributed by atoms with Crippen molar-refractivity contribution in [1.82, 2.24) is 9.55 Å². The SMILES string of the molecule is CC1CCn2c(=O)[nH]c3cccc(c32)C1O. The summed E-state index contributed by atoms with van der Waals surface area (Å²) in [5.74, 6) is 0.185. The number of nitrogens with zero attached hydrogens (tertiary/aromatic N) is 1. The van der Waals surface area contributed by atoms with Gasteiger partial charge in [0.05, 0.1) is 17.1 Å². The lowest BCUT2D eigenvalue weighted by Crippen LogP contribution is -2.17. The second-order valence-corrected chi connectivity index (χ2v) is 4.54. The van der Waals surface area contributed by atoms with Crippen LogP contribution < -0.4 is 5.69 Å². The molecule has 16 heavy (non-hydrogen) atoms. The number of hydrogen-bond donors (Lipinski definition) is 2. The second-order valence-electron chi connectivity index (χ2n) is 4.54. The normalized spacial score (nSPS) is 24.6. The molecule has 0 spiro atoms. The van der Waals surface area contributed by atoms with Crippen LogP contribution in [-0.4, -0.2) is 14.7 Å². The molecule has 1 aliphatic rings. The second kappa shape index (κ2) is 3.22. The van der Waals surface area contributed by atoms with Gasteiger partial charge in [-0.05, 0) is 18.4 Å². The molecule has 2 unspecified atom stereocenters. The number of aliphatic hydroxyl groups is 1. The Balaban J connectivity index is 2.41. The summed E-state index contributed by atoms with van der Waals surface area (Å²) in [5.41, 5.74) is 2.46. The van der Waals surface area contributed by atoms with Crippen LogP contribution in [0.2, 0.25) is 0 Å². The summed E-state index contributed by atoms with van der Waals surface area (Å²) >= 11 is 0. The lowest BCUT2D eigenvalue weighted by molar-refractivity contribution is 0.115. The Kier molecular flexibility index (Phi) is 1.94. The summed E-state index contributed by atoms with van der Waals surface area (Å²) in [5, 5.41) is 10.2. The van der Waals surface area contributed by atoms with Gasteiger partial charge in [-0.25, -0.2) is 4.79 Å². The van der Waals surface area contributed by atoms with Crippen molar-refractivity contribution in [2.45, 2.75) is 26.0 Å². The molecular weight excluding hydrogens is 204 g/mol. The molecule has 1 aromatic carbocycles. The standard InChI is InChI=1S/C12H14N2O2/c1-7-5-6-14-10-8(11(7)15)3-2-4-9(10)13-12(14)16/h2-4,7,11,15H,5-6H2,1H3,(H,13,16). The first kappa shape index (κ1) is 9.66. The summed E-state index contributed by atoms with van der Waals surface area (Å²) in [6, 6.07) is 5.65. The monoisotopic (exact) mass is 218 g/mol. The van der Waals surface area contributed by atoms with Gasteiger partial charge in [0.1, 0.15) is 0 Å². The van der Waals surface area contributed by atoms with Crippen LogP contribution in [0.25, 0.3) is 11.0 Å². The molecule has 0 radical (unpaired) electrons. The van der Waals surface area contributed by atoms with Crippen molar-refractivity contribution in [1.29, 1.82) is 0 Å². The molecule has 2 atom stereocenters. The first-order valence-electron chi connectivity index (χ1n) is 5.58. The van der Waals surface area contributed by atoms with E-state index in [0.717, 1.165) is 23.0 Å². The van der Waals surface area contributed by atoms with Crippen molar-refractivity contribution >= 4 is 11.0 Å². The number of aryl methyl sites for hydroxylation is 1. The zero-order chi connectivity index (χ0) is 11.3. The maximum Gasteiger partial charge on any atom is 0.326 e. The first-order chi connectivity index (χ1) is 7.68. The highest BCUT2D eigenvalue weighted by Crippen LogP contribution is 2.32. The molecular formula is C12H14N2O2. The van der Waals surface area contributed by atoms with Crippen LogP contribution in [-0.2, 0) is 6.54 Å². The summed E-state index contributed by atoms with van der Waals surface area (Å²) < 4.78 is 1.73. The highest BCUT2D eigenvalue weighted by atomic mass is 16.3. The molecule has 4 nitrogen and oxygen atoms in total. The predicted molar refractivity (Wildman–Crippen MR) is 61.3 cm³/mol. The molecule has 84 valence electrons. The Morgan fingerprint density at radius 1 is 1.50 bits per heavy atom. The number of hydrogen-bond acceptors (Lipinski definition) is 2. The van der Waals surface area contributed by atoms with Gasteiger partial charge in [0, 0.05) is 12.1 Å². The fourth-order valence-electron chi connectivity index (χ4n) is 2.50. The van der Waals surface area contributed by atoms with Gasteiger partial charge in [-0.15, -0.1) is 0 Å². The number of imidazole rings is 1. The average Bonchev–Trinajstić information content (AvgIpc) is 2.53. The Hall–Kier alpha value is -1.55. The number of aliphatic hydroxyl groups excluding tert-OH is 1. The van der Waals surface area contributed by atoms with Crippen LogP contribution in [0.4, 0.5) is 0 Å². The van der Waals surface area contributed by atoms with Crippen LogP contribution in [0.5, 0.6) is 0 Å². The first-order valence-corrected chi connectivity index (χ1v) is 5.58. The van der Waals surface area contributed by atoms with Crippen LogP contribution in [0, 0.1) is 5.92 Å². The summed E-state index contributed by atoms with van der Waals surface area (Å²) in [6.45, 7) is 2.69. The molecule has 2 heterocycles. The number of aromatic nitrogens is 2. The molecule has 0 aliphatic carbocycles. The van der Waals surface area contributed by atoms with E-state index >= 15 is 0 Å². The minimum absolute atomic E-state index is 0.0799.